The molecule has 0 saturated heterocycles. The van der Waals surface area contributed by atoms with Gasteiger partial charge in [0.25, 0.3) is 0 Å². The van der Waals surface area contributed by atoms with E-state index in [2.05, 4.69) is 22.2 Å². The van der Waals surface area contributed by atoms with Crippen LogP contribution in [0.4, 0.5) is 5.69 Å². The van der Waals surface area contributed by atoms with E-state index in [0.717, 1.165) is 17.6 Å². The Bertz CT molecular complexity index is 643. The molecule has 0 spiro atoms. The van der Waals surface area contributed by atoms with Crippen LogP contribution in [0.2, 0.25) is 0 Å². The summed E-state index contributed by atoms with van der Waals surface area (Å²) in [5.74, 6) is 0. The van der Waals surface area contributed by atoms with Crippen molar-refractivity contribution in [1.82, 2.24) is 14.8 Å². The van der Waals surface area contributed by atoms with Gasteiger partial charge in [0, 0.05) is 0 Å². The maximum atomic E-state index is 5.74. The Hall–Kier alpha value is -2.36. The summed E-state index contributed by atoms with van der Waals surface area (Å²) in [4.78, 5) is 4.23. The number of pyridine rings is 1. The van der Waals surface area contributed by atoms with Crippen molar-refractivity contribution in [3.63, 3.8) is 0 Å². The van der Waals surface area contributed by atoms with Crippen LogP contribution in [0.3, 0.4) is 0 Å². The molecule has 3 aromatic rings. The minimum Gasteiger partial charge on any atom is -0.397 e. The van der Waals surface area contributed by atoms with Gasteiger partial charge in [0.15, 0.2) is 0 Å². The molecular formula is C13H12N4. The molecule has 2 aromatic heterocycles. The fourth-order valence-electron chi connectivity index (χ4n) is 1.85. The first-order valence-electron chi connectivity index (χ1n) is 5.44. The molecule has 0 fully saturated rings. The number of benzene rings is 1. The highest BCUT2D eigenvalue weighted by Gasteiger charge is 2.04. The van der Waals surface area contributed by atoms with Gasteiger partial charge in [-0.05, 0) is 11.6 Å². The second kappa shape index (κ2) is 3.90. The Kier molecular flexibility index (Phi) is 2.26. The number of hydrogen-bond acceptors (Lipinski definition) is 3. The molecule has 17 heavy (non-hydrogen) atoms. The van der Waals surface area contributed by atoms with E-state index in [1.165, 1.54) is 5.56 Å². The molecule has 0 unspecified atom stereocenters. The molecule has 0 aliphatic rings. The molecule has 2 N–H and O–H groups in total. The van der Waals surface area contributed by atoms with E-state index >= 15 is 0 Å². The van der Waals surface area contributed by atoms with Crippen molar-refractivity contribution in [2.75, 3.05) is 5.73 Å². The summed E-state index contributed by atoms with van der Waals surface area (Å²) in [7, 11) is 0. The number of nitrogens with zero attached hydrogens (tertiary/aromatic N) is 3. The number of anilines is 1. The van der Waals surface area contributed by atoms with Gasteiger partial charge < -0.3 is 5.73 Å². The zero-order chi connectivity index (χ0) is 11.7. The molecule has 84 valence electrons. The summed E-state index contributed by atoms with van der Waals surface area (Å²) in [5, 5.41) is 4.33. The molecule has 0 radical (unpaired) electrons. The number of nitrogen functional groups attached to an aromatic ring is 1. The van der Waals surface area contributed by atoms with Gasteiger partial charge in [-0.15, -0.1) is 0 Å². The summed E-state index contributed by atoms with van der Waals surface area (Å²) >= 11 is 0. The highest BCUT2D eigenvalue weighted by molar-refractivity contribution is 5.77. The molecule has 0 atom stereocenters. The quantitative estimate of drug-likeness (QED) is 0.724. The third-order valence-corrected chi connectivity index (χ3v) is 2.69. The van der Waals surface area contributed by atoms with Crippen LogP contribution in [-0.2, 0) is 6.54 Å². The average molecular weight is 224 g/mol. The molecule has 2 heterocycles. The van der Waals surface area contributed by atoms with E-state index in [9.17, 15) is 0 Å². The van der Waals surface area contributed by atoms with Gasteiger partial charge in [0.05, 0.1) is 30.1 Å². The van der Waals surface area contributed by atoms with Gasteiger partial charge in [-0.2, -0.15) is 5.10 Å². The topological polar surface area (TPSA) is 56.7 Å². The van der Waals surface area contributed by atoms with E-state index in [0.29, 0.717) is 5.69 Å². The third kappa shape index (κ3) is 1.85. The first kappa shape index (κ1) is 9.84. The van der Waals surface area contributed by atoms with Crippen LogP contribution in [0.1, 0.15) is 5.56 Å². The lowest BCUT2D eigenvalue weighted by molar-refractivity contribution is 0.712. The van der Waals surface area contributed by atoms with Crippen LogP contribution in [0, 0.1) is 0 Å². The minimum atomic E-state index is 0.660. The Morgan fingerprint density at radius 3 is 2.76 bits per heavy atom. The fraction of sp³-hybridized carbons (Fsp3) is 0.0769. The maximum absolute atomic E-state index is 5.74. The standard InChI is InChI=1S/C13H12N4/c14-11-6-13-12(15-7-11)8-16-17(13)9-10-4-2-1-3-5-10/h1-8H,9,14H2. The van der Waals surface area contributed by atoms with Gasteiger partial charge in [-0.1, -0.05) is 30.3 Å². The van der Waals surface area contributed by atoms with E-state index in [-0.39, 0.29) is 0 Å². The molecule has 0 bridgehead atoms. The molecule has 0 aliphatic heterocycles. The highest BCUT2D eigenvalue weighted by Crippen LogP contribution is 2.15. The smallest absolute Gasteiger partial charge is 0.108 e. The normalized spacial score (nSPS) is 10.8. The number of fused-ring (bicyclic) bond motifs is 1. The number of nitrogens with two attached hydrogens (primary N) is 1. The van der Waals surface area contributed by atoms with Gasteiger partial charge in [0.2, 0.25) is 0 Å². The van der Waals surface area contributed by atoms with Crippen LogP contribution in [0.5, 0.6) is 0 Å². The van der Waals surface area contributed by atoms with Crippen LogP contribution < -0.4 is 5.73 Å². The molecule has 4 nitrogen and oxygen atoms in total. The molecule has 0 aliphatic carbocycles. The van der Waals surface area contributed by atoms with Crippen molar-refractivity contribution in [2.24, 2.45) is 0 Å². The first-order chi connectivity index (χ1) is 8.33. The predicted molar refractivity (Wildman–Crippen MR) is 67.5 cm³/mol. The maximum Gasteiger partial charge on any atom is 0.108 e. The Morgan fingerprint density at radius 2 is 1.94 bits per heavy atom. The summed E-state index contributed by atoms with van der Waals surface area (Å²) in [5.41, 5.74) is 9.45. The Labute approximate surface area is 98.7 Å². The molecule has 0 saturated carbocycles. The second-order valence-electron chi connectivity index (χ2n) is 3.96. The number of hydrogen-bond donors (Lipinski definition) is 1. The van der Waals surface area contributed by atoms with Crippen molar-refractivity contribution in [2.45, 2.75) is 6.54 Å². The van der Waals surface area contributed by atoms with E-state index < -0.39 is 0 Å². The lowest BCUT2D eigenvalue weighted by Gasteiger charge is -2.03. The van der Waals surface area contributed by atoms with E-state index in [1.54, 1.807) is 12.4 Å². The Balaban J connectivity index is 2.03. The summed E-state index contributed by atoms with van der Waals surface area (Å²) < 4.78 is 1.91. The summed E-state index contributed by atoms with van der Waals surface area (Å²) in [6.45, 7) is 0.732. The fourth-order valence-corrected chi connectivity index (χ4v) is 1.85. The third-order valence-electron chi connectivity index (χ3n) is 2.69. The first-order valence-corrected chi connectivity index (χ1v) is 5.44. The van der Waals surface area contributed by atoms with Crippen molar-refractivity contribution < 1.29 is 0 Å². The van der Waals surface area contributed by atoms with E-state index in [4.69, 9.17) is 5.73 Å². The van der Waals surface area contributed by atoms with Crippen molar-refractivity contribution in [3.8, 4) is 0 Å². The number of aromatic nitrogens is 3. The largest absolute Gasteiger partial charge is 0.397 e. The average Bonchev–Trinajstić information content (AvgIpc) is 2.73. The molecular weight excluding hydrogens is 212 g/mol. The molecule has 0 amide bonds. The monoisotopic (exact) mass is 224 g/mol. The van der Waals surface area contributed by atoms with Crippen molar-refractivity contribution in [1.29, 1.82) is 0 Å². The zero-order valence-corrected chi connectivity index (χ0v) is 9.24. The highest BCUT2D eigenvalue weighted by atomic mass is 15.3. The van der Waals surface area contributed by atoms with Crippen LogP contribution in [0.15, 0.2) is 48.8 Å². The van der Waals surface area contributed by atoms with Gasteiger partial charge in [0.1, 0.15) is 5.52 Å². The molecule has 3 rings (SSSR count). The molecule has 1 aromatic carbocycles. The predicted octanol–water partition coefficient (Wildman–Crippen LogP) is 2.06. The lowest BCUT2D eigenvalue weighted by atomic mass is 10.2. The summed E-state index contributed by atoms with van der Waals surface area (Å²) in [6.07, 6.45) is 3.41. The minimum absolute atomic E-state index is 0.660. The SMILES string of the molecule is Nc1cnc2cnn(Cc3ccccc3)c2c1. The van der Waals surface area contributed by atoms with Crippen LogP contribution in [-0.4, -0.2) is 14.8 Å². The van der Waals surface area contributed by atoms with Crippen molar-refractivity contribution in [3.05, 3.63) is 54.4 Å². The van der Waals surface area contributed by atoms with Crippen LogP contribution in [0.25, 0.3) is 11.0 Å². The Morgan fingerprint density at radius 1 is 1.12 bits per heavy atom. The van der Waals surface area contributed by atoms with E-state index in [1.807, 2.05) is 28.9 Å². The van der Waals surface area contributed by atoms with Gasteiger partial charge in [-0.3, -0.25) is 9.67 Å². The van der Waals surface area contributed by atoms with Gasteiger partial charge >= 0.3 is 0 Å². The van der Waals surface area contributed by atoms with Crippen LogP contribution >= 0.6 is 0 Å². The zero-order valence-electron chi connectivity index (χ0n) is 9.24. The lowest BCUT2D eigenvalue weighted by Crippen LogP contribution is -2.01. The summed E-state index contributed by atoms with van der Waals surface area (Å²) in [6, 6.07) is 12.1. The van der Waals surface area contributed by atoms with Crippen molar-refractivity contribution >= 4 is 16.7 Å². The second-order valence-corrected chi connectivity index (χ2v) is 3.96. The van der Waals surface area contributed by atoms with Gasteiger partial charge in [-0.25, -0.2) is 0 Å². The number of rotatable bonds is 2. The molecule has 4 heteroatoms.